The van der Waals surface area contributed by atoms with E-state index in [0.717, 1.165) is 26.9 Å². The van der Waals surface area contributed by atoms with E-state index in [1.54, 1.807) is 24.4 Å². The lowest BCUT2D eigenvalue weighted by Crippen LogP contribution is -2.40. The fraction of sp³-hybridized carbons (Fsp3) is 0.185. The predicted molar refractivity (Wildman–Crippen MR) is 147 cm³/mol. The molecule has 4 aromatic rings. The summed E-state index contributed by atoms with van der Waals surface area (Å²) in [5.41, 5.74) is 3.14. The molecule has 0 saturated carbocycles. The van der Waals surface area contributed by atoms with Gasteiger partial charge in [-0.05, 0) is 71.7 Å². The molecule has 10 heteroatoms. The number of aromatic nitrogens is 2. The Kier molecular flexibility index (Phi) is 7.99. The van der Waals surface area contributed by atoms with Gasteiger partial charge in [0.05, 0.1) is 27.9 Å². The highest BCUT2D eigenvalue weighted by Crippen LogP contribution is 2.30. The average Bonchev–Trinajstić information content (AvgIpc) is 3.32. The first-order valence-electron chi connectivity index (χ1n) is 11.5. The number of carbonyl (C=O) groups excluding carboxylic acids is 1. The number of aryl methyl sites for hydroxylation is 2. The molecule has 4 rings (SSSR count). The van der Waals surface area contributed by atoms with Gasteiger partial charge in [-0.3, -0.25) is 9.10 Å². The minimum atomic E-state index is -4.07. The Morgan fingerprint density at radius 3 is 2.46 bits per heavy atom. The van der Waals surface area contributed by atoms with Gasteiger partial charge in [0.15, 0.2) is 0 Å². The number of benzene rings is 3. The van der Waals surface area contributed by atoms with Crippen LogP contribution in [0.2, 0.25) is 0 Å². The molecular formula is C27H27BrN4O4S. The fourth-order valence-corrected chi connectivity index (χ4v) is 6.01. The number of hydrogen-bond donors (Lipinski definition) is 1. The van der Waals surface area contributed by atoms with Gasteiger partial charge in [0, 0.05) is 18.9 Å². The summed E-state index contributed by atoms with van der Waals surface area (Å²) >= 11 is 3.35. The quantitative estimate of drug-likeness (QED) is 0.307. The molecule has 0 atom stereocenters. The zero-order valence-electron chi connectivity index (χ0n) is 20.7. The molecule has 0 spiro atoms. The van der Waals surface area contributed by atoms with E-state index >= 15 is 0 Å². The highest BCUT2D eigenvalue weighted by atomic mass is 79.9. The lowest BCUT2D eigenvalue weighted by Gasteiger charge is -2.24. The third-order valence-corrected chi connectivity index (χ3v) is 8.26. The predicted octanol–water partition coefficient (Wildman–Crippen LogP) is 4.77. The maximum Gasteiger partial charge on any atom is 0.264 e. The van der Waals surface area contributed by atoms with Crippen LogP contribution in [0.3, 0.4) is 0 Å². The van der Waals surface area contributed by atoms with Gasteiger partial charge in [-0.25, -0.2) is 13.4 Å². The molecule has 0 saturated heterocycles. The van der Waals surface area contributed by atoms with Crippen LogP contribution in [0.25, 0.3) is 5.69 Å². The topological polar surface area (TPSA) is 93.5 Å². The smallest absolute Gasteiger partial charge is 0.264 e. The van der Waals surface area contributed by atoms with Gasteiger partial charge in [0.1, 0.15) is 18.1 Å². The molecular weight excluding hydrogens is 556 g/mol. The van der Waals surface area contributed by atoms with Crippen molar-refractivity contribution in [3.8, 4) is 11.4 Å². The first kappa shape index (κ1) is 26.4. The normalized spacial score (nSPS) is 11.2. The number of methoxy groups -OCH3 is 1. The number of para-hydroxylation sites is 1. The van der Waals surface area contributed by atoms with Gasteiger partial charge >= 0.3 is 0 Å². The Hall–Kier alpha value is -3.63. The summed E-state index contributed by atoms with van der Waals surface area (Å²) in [6.07, 6.45) is 3.57. The molecule has 0 aliphatic carbocycles. The third-order valence-electron chi connectivity index (χ3n) is 5.87. The van der Waals surface area contributed by atoms with Gasteiger partial charge in [0.2, 0.25) is 5.91 Å². The van der Waals surface area contributed by atoms with Crippen molar-refractivity contribution in [2.24, 2.45) is 0 Å². The summed E-state index contributed by atoms with van der Waals surface area (Å²) in [4.78, 5) is 17.4. The number of nitrogens with zero attached hydrogens (tertiary/aromatic N) is 3. The molecule has 3 aromatic carbocycles. The zero-order valence-corrected chi connectivity index (χ0v) is 23.1. The average molecular weight is 584 g/mol. The van der Waals surface area contributed by atoms with Crippen LogP contribution >= 0.6 is 15.9 Å². The largest absolute Gasteiger partial charge is 0.496 e. The van der Waals surface area contributed by atoms with Crippen LogP contribution in [-0.2, 0) is 21.4 Å². The van der Waals surface area contributed by atoms with E-state index in [0.29, 0.717) is 15.9 Å². The maximum atomic E-state index is 13.7. The number of carbonyl (C=O) groups is 1. The van der Waals surface area contributed by atoms with Gasteiger partial charge in [-0.1, -0.05) is 35.9 Å². The van der Waals surface area contributed by atoms with Crippen molar-refractivity contribution in [1.82, 2.24) is 14.9 Å². The van der Waals surface area contributed by atoms with Crippen molar-refractivity contribution in [2.75, 3.05) is 18.0 Å². The number of nitrogens with one attached hydrogen (secondary N) is 1. The number of rotatable bonds is 9. The third kappa shape index (κ3) is 5.86. The van der Waals surface area contributed by atoms with Crippen molar-refractivity contribution in [3.05, 3.63) is 101 Å². The number of amides is 1. The van der Waals surface area contributed by atoms with E-state index in [9.17, 15) is 13.2 Å². The molecule has 0 aliphatic heterocycles. The first-order chi connectivity index (χ1) is 17.7. The summed E-state index contributed by atoms with van der Waals surface area (Å²) in [6, 6.07) is 19.2. The lowest BCUT2D eigenvalue weighted by molar-refractivity contribution is -0.119. The molecule has 192 valence electrons. The number of hydrogen-bond acceptors (Lipinski definition) is 5. The van der Waals surface area contributed by atoms with Crippen molar-refractivity contribution in [2.45, 2.75) is 25.3 Å². The minimum absolute atomic E-state index is 0.0366. The highest BCUT2D eigenvalue weighted by molar-refractivity contribution is 9.10. The summed E-state index contributed by atoms with van der Waals surface area (Å²) in [6.45, 7) is 3.65. The molecule has 1 N–H and O–H groups in total. The van der Waals surface area contributed by atoms with E-state index in [4.69, 9.17) is 4.74 Å². The SMILES string of the molecule is COc1ccc(S(=O)(=O)N(CC(=O)NCc2ccccc2-n2ccnc2C)c2ccc(C)cc2)cc1Br. The van der Waals surface area contributed by atoms with Gasteiger partial charge in [-0.2, -0.15) is 0 Å². The summed E-state index contributed by atoms with van der Waals surface area (Å²) < 4.78 is 36.2. The monoisotopic (exact) mass is 582 g/mol. The number of imidazole rings is 1. The standard InChI is InChI=1S/C27H27BrN4O4S/c1-19-8-10-22(11-9-19)32(37(34,35)23-12-13-26(36-3)24(28)16-23)18-27(33)30-17-21-6-4-5-7-25(21)31-15-14-29-20(31)2/h4-16H,17-18H2,1-3H3,(H,30,33). The second-order valence-electron chi connectivity index (χ2n) is 8.39. The van der Waals surface area contributed by atoms with Crippen LogP contribution in [-0.4, -0.2) is 37.5 Å². The highest BCUT2D eigenvalue weighted by Gasteiger charge is 2.28. The maximum absolute atomic E-state index is 13.7. The molecule has 8 nitrogen and oxygen atoms in total. The van der Waals surface area contributed by atoms with Crippen LogP contribution in [0.15, 0.2) is 88.5 Å². The minimum Gasteiger partial charge on any atom is -0.496 e. The molecule has 0 fully saturated rings. The molecule has 1 aromatic heterocycles. The molecule has 1 heterocycles. The molecule has 0 bridgehead atoms. The van der Waals surface area contributed by atoms with Gasteiger partial charge < -0.3 is 14.6 Å². The summed E-state index contributed by atoms with van der Waals surface area (Å²) in [7, 11) is -2.56. The van der Waals surface area contributed by atoms with Crippen LogP contribution in [0, 0.1) is 13.8 Å². The van der Waals surface area contributed by atoms with E-state index in [1.807, 2.05) is 61.0 Å². The van der Waals surface area contributed by atoms with E-state index in [1.165, 1.54) is 19.2 Å². The zero-order chi connectivity index (χ0) is 26.6. The molecule has 0 radical (unpaired) electrons. The Bertz CT molecular complexity index is 1520. The number of ether oxygens (including phenoxy) is 1. The number of halogens is 1. The molecule has 0 aliphatic rings. The van der Waals surface area contributed by atoms with Crippen molar-refractivity contribution in [3.63, 3.8) is 0 Å². The summed E-state index contributed by atoms with van der Waals surface area (Å²) in [5, 5.41) is 2.88. The van der Waals surface area contributed by atoms with Gasteiger partial charge in [-0.15, -0.1) is 0 Å². The Morgan fingerprint density at radius 2 is 1.81 bits per heavy atom. The number of anilines is 1. The molecule has 1 amide bonds. The van der Waals surface area contributed by atoms with Crippen molar-refractivity contribution >= 4 is 37.5 Å². The van der Waals surface area contributed by atoms with Crippen LogP contribution in [0.4, 0.5) is 5.69 Å². The lowest BCUT2D eigenvalue weighted by atomic mass is 10.1. The van der Waals surface area contributed by atoms with Crippen LogP contribution in [0.5, 0.6) is 5.75 Å². The first-order valence-corrected chi connectivity index (χ1v) is 13.7. The van der Waals surface area contributed by atoms with Gasteiger partial charge in [0.25, 0.3) is 10.0 Å². The van der Waals surface area contributed by atoms with E-state index in [-0.39, 0.29) is 18.0 Å². The second kappa shape index (κ2) is 11.2. The van der Waals surface area contributed by atoms with Crippen molar-refractivity contribution in [1.29, 1.82) is 0 Å². The van der Waals surface area contributed by atoms with E-state index in [2.05, 4.69) is 26.2 Å². The Labute approximate surface area is 225 Å². The number of sulfonamides is 1. The van der Waals surface area contributed by atoms with Crippen LogP contribution in [0.1, 0.15) is 17.0 Å². The van der Waals surface area contributed by atoms with Crippen molar-refractivity contribution < 1.29 is 17.9 Å². The van der Waals surface area contributed by atoms with Crippen LogP contribution < -0.4 is 14.4 Å². The molecule has 37 heavy (non-hydrogen) atoms. The Morgan fingerprint density at radius 1 is 1.08 bits per heavy atom. The fourth-order valence-electron chi connectivity index (χ4n) is 3.87. The molecule has 0 unspecified atom stereocenters. The van der Waals surface area contributed by atoms with E-state index < -0.39 is 15.9 Å². The Balaban J connectivity index is 1.60. The summed E-state index contributed by atoms with van der Waals surface area (Å²) in [5.74, 6) is 0.889. The second-order valence-corrected chi connectivity index (χ2v) is 11.1.